The van der Waals surface area contributed by atoms with Gasteiger partial charge in [0.05, 0.1) is 10.4 Å². The van der Waals surface area contributed by atoms with Gasteiger partial charge in [-0.1, -0.05) is 25.5 Å². The minimum absolute atomic E-state index is 0.210. The highest BCUT2D eigenvalue weighted by Crippen LogP contribution is 2.25. The summed E-state index contributed by atoms with van der Waals surface area (Å²) in [7, 11) is -3.52. The normalized spacial score (nSPS) is 13.1. The maximum Gasteiger partial charge on any atom is 0.242 e. The summed E-state index contributed by atoms with van der Waals surface area (Å²) in [6.45, 7) is 1.97. The number of nitrogens with one attached hydrogen (secondary N) is 2. The molecule has 9 nitrogen and oxygen atoms in total. The largest absolute Gasteiger partial charge is 0.357 e. The third kappa shape index (κ3) is 4.13. The second-order valence-electron chi connectivity index (χ2n) is 7.45. The maximum atomic E-state index is 12.5. The molecule has 4 rings (SSSR count). The van der Waals surface area contributed by atoms with Crippen molar-refractivity contribution in [3.63, 3.8) is 0 Å². The molecule has 4 aromatic rings. The summed E-state index contributed by atoms with van der Waals surface area (Å²) in [4.78, 5) is 22.0. The van der Waals surface area contributed by atoms with Gasteiger partial charge in [-0.2, -0.15) is 4.52 Å². The molecule has 2 N–H and O–H groups in total. The summed E-state index contributed by atoms with van der Waals surface area (Å²) < 4.78 is 32.4. The van der Waals surface area contributed by atoms with Crippen molar-refractivity contribution in [2.45, 2.75) is 30.7 Å². The monoisotopic (exact) mass is 453 g/mol. The number of para-hydroxylation sites is 1. The molecule has 0 saturated heterocycles. The summed E-state index contributed by atoms with van der Waals surface area (Å²) >= 11 is 0. The smallest absolute Gasteiger partial charge is 0.242 e. The first kappa shape index (κ1) is 20.4. The SMILES string of the molecule is [2H]CNC(=O)[C@H](CCC)Nc1nc2ccccc2c2nc(-c3ccc(S(C)(=O)=O)cc3)nn12. The van der Waals surface area contributed by atoms with Gasteiger partial charge >= 0.3 is 0 Å². The van der Waals surface area contributed by atoms with Crippen molar-refractivity contribution in [1.29, 1.82) is 0 Å². The highest BCUT2D eigenvalue weighted by Gasteiger charge is 2.21. The molecule has 10 heteroatoms. The van der Waals surface area contributed by atoms with Crippen LogP contribution in [0.25, 0.3) is 27.9 Å². The minimum atomic E-state index is -3.31. The Morgan fingerprint density at radius 3 is 2.59 bits per heavy atom. The van der Waals surface area contributed by atoms with Crippen LogP contribution in [-0.4, -0.2) is 53.2 Å². The second-order valence-corrected chi connectivity index (χ2v) is 9.46. The Hall–Kier alpha value is -3.53. The molecular weight excluding hydrogens is 428 g/mol. The number of hydrogen-bond acceptors (Lipinski definition) is 7. The van der Waals surface area contributed by atoms with Gasteiger partial charge in [0.15, 0.2) is 21.3 Å². The molecule has 0 unspecified atom stereocenters. The lowest BCUT2D eigenvalue weighted by Gasteiger charge is -2.17. The molecule has 2 heterocycles. The fourth-order valence-corrected chi connectivity index (χ4v) is 4.09. The highest BCUT2D eigenvalue weighted by atomic mass is 32.2. The van der Waals surface area contributed by atoms with Gasteiger partial charge in [0.25, 0.3) is 0 Å². The summed E-state index contributed by atoms with van der Waals surface area (Å²) in [5.41, 5.74) is 1.90. The zero-order valence-electron chi connectivity index (χ0n) is 18.7. The molecule has 1 amide bonds. The van der Waals surface area contributed by atoms with Gasteiger partial charge in [-0.25, -0.2) is 18.4 Å². The van der Waals surface area contributed by atoms with Gasteiger partial charge in [-0.3, -0.25) is 4.79 Å². The third-order valence-corrected chi connectivity index (χ3v) is 6.22. The number of sulfone groups is 1. The highest BCUT2D eigenvalue weighted by molar-refractivity contribution is 7.90. The Kier molecular flexibility index (Phi) is 5.44. The summed E-state index contributed by atoms with van der Waals surface area (Å²) in [5, 5.41) is 11.1. The molecule has 1 atom stereocenters. The lowest BCUT2D eigenvalue weighted by Crippen LogP contribution is -2.38. The molecule has 32 heavy (non-hydrogen) atoms. The molecular formula is C22H24N6O3S. The van der Waals surface area contributed by atoms with Crippen LogP contribution < -0.4 is 10.6 Å². The first-order valence-corrected chi connectivity index (χ1v) is 12.0. The standard InChI is InChI=1S/C22H24N6O3S/c1-4-7-18(21(29)23-2)25-22-24-17-9-6-5-8-16(17)20-26-19(27-28(20)22)14-10-12-15(13-11-14)32(3,30)31/h5-6,8-13,18H,4,7H2,1-3H3,(H,23,29)(H,24,25)/t18-/m0/s1/i2D. The molecule has 166 valence electrons. The lowest BCUT2D eigenvalue weighted by molar-refractivity contribution is -0.121. The molecule has 0 bridgehead atoms. The molecule has 0 aliphatic carbocycles. The fraction of sp³-hybridized carbons (Fsp3) is 0.273. The molecule has 0 aliphatic heterocycles. The van der Waals surface area contributed by atoms with Gasteiger partial charge in [0.2, 0.25) is 11.9 Å². The Morgan fingerprint density at radius 2 is 1.91 bits per heavy atom. The molecule has 0 aliphatic rings. The van der Waals surface area contributed by atoms with Crippen molar-refractivity contribution in [3.05, 3.63) is 48.5 Å². The number of anilines is 1. The van der Waals surface area contributed by atoms with Gasteiger partial charge in [0, 0.05) is 25.6 Å². The number of hydrogen-bond donors (Lipinski definition) is 2. The number of rotatable bonds is 7. The van der Waals surface area contributed by atoms with Crippen LogP contribution in [0, 0.1) is 0 Å². The van der Waals surface area contributed by atoms with E-state index in [2.05, 4.69) is 25.7 Å². The Balaban J connectivity index is 1.83. The van der Waals surface area contributed by atoms with Crippen LogP contribution in [0.4, 0.5) is 5.95 Å². The number of likely N-dealkylation sites (N-methyl/N-ethyl adjacent to an activating group) is 1. The van der Waals surface area contributed by atoms with Crippen LogP contribution >= 0.6 is 0 Å². The van der Waals surface area contributed by atoms with E-state index in [0.717, 1.165) is 18.1 Å². The number of amides is 1. The van der Waals surface area contributed by atoms with E-state index < -0.39 is 15.9 Å². The van der Waals surface area contributed by atoms with Gasteiger partial charge in [0.1, 0.15) is 6.04 Å². The molecule has 0 saturated carbocycles. The van der Waals surface area contributed by atoms with E-state index >= 15 is 0 Å². The quantitative estimate of drug-likeness (QED) is 0.442. The van der Waals surface area contributed by atoms with Crippen LogP contribution in [0.15, 0.2) is 53.4 Å². The second kappa shape index (κ2) is 8.54. The number of nitrogens with zero attached hydrogens (tertiary/aromatic N) is 4. The molecule has 2 aromatic carbocycles. The molecule has 0 radical (unpaired) electrons. The average Bonchev–Trinajstić information content (AvgIpc) is 3.25. The summed E-state index contributed by atoms with van der Waals surface area (Å²) in [6, 6.07) is 13.3. The van der Waals surface area contributed by atoms with E-state index in [-0.39, 0.29) is 17.8 Å². The number of benzene rings is 2. The maximum absolute atomic E-state index is 12.5. The van der Waals surface area contributed by atoms with Gasteiger partial charge in [-0.15, -0.1) is 5.10 Å². The number of carbonyl (C=O) groups is 1. The predicted molar refractivity (Wildman–Crippen MR) is 123 cm³/mol. The van der Waals surface area contributed by atoms with Crippen LogP contribution in [0.3, 0.4) is 0 Å². The van der Waals surface area contributed by atoms with Crippen LogP contribution in [-0.2, 0) is 14.6 Å². The molecule has 0 spiro atoms. The van der Waals surface area contributed by atoms with E-state index in [1.807, 2.05) is 31.2 Å². The molecule has 0 fully saturated rings. The number of aromatic nitrogens is 4. The van der Waals surface area contributed by atoms with E-state index in [4.69, 9.17) is 1.37 Å². The van der Waals surface area contributed by atoms with E-state index in [1.165, 1.54) is 12.1 Å². The van der Waals surface area contributed by atoms with E-state index in [9.17, 15) is 13.2 Å². The first-order chi connectivity index (χ1) is 15.8. The van der Waals surface area contributed by atoms with Crippen LogP contribution in [0.2, 0.25) is 0 Å². The van der Waals surface area contributed by atoms with Crippen molar-refractivity contribution in [3.8, 4) is 11.4 Å². The Labute approximate surface area is 187 Å². The van der Waals surface area contributed by atoms with Gasteiger partial charge < -0.3 is 10.6 Å². The third-order valence-electron chi connectivity index (χ3n) is 5.09. The number of carbonyl (C=O) groups excluding carboxylic acids is 1. The van der Waals surface area contributed by atoms with Crippen molar-refractivity contribution >= 4 is 38.2 Å². The predicted octanol–water partition coefficient (Wildman–Crippen LogP) is 2.67. The van der Waals surface area contributed by atoms with Crippen molar-refractivity contribution in [1.82, 2.24) is 24.9 Å². The molecule has 2 aromatic heterocycles. The number of fused-ring (bicyclic) bond motifs is 3. The van der Waals surface area contributed by atoms with Crippen LogP contribution in [0.1, 0.15) is 21.1 Å². The van der Waals surface area contributed by atoms with Crippen molar-refractivity contribution in [2.75, 3.05) is 18.6 Å². The zero-order valence-corrected chi connectivity index (χ0v) is 18.6. The lowest BCUT2D eigenvalue weighted by atomic mass is 10.1. The zero-order chi connectivity index (χ0) is 23.6. The van der Waals surface area contributed by atoms with Crippen LogP contribution in [0.5, 0.6) is 0 Å². The van der Waals surface area contributed by atoms with Gasteiger partial charge in [-0.05, 0) is 42.8 Å². The average molecular weight is 454 g/mol. The Morgan fingerprint density at radius 1 is 1.16 bits per heavy atom. The summed E-state index contributed by atoms with van der Waals surface area (Å²) in [6.07, 6.45) is 2.47. The van der Waals surface area contributed by atoms with Crippen molar-refractivity contribution in [2.24, 2.45) is 0 Å². The first-order valence-electron chi connectivity index (χ1n) is 10.8. The van der Waals surface area contributed by atoms with Crippen molar-refractivity contribution < 1.29 is 14.6 Å². The van der Waals surface area contributed by atoms with E-state index in [1.54, 1.807) is 16.6 Å². The topological polar surface area (TPSA) is 118 Å². The minimum Gasteiger partial charge on any atom is -0.357 e. The Bertz CT molecular complexity index is 1420. The summed E-state index contributed by atoms with van der Waals surface area (Å²) in [5.74, 6) is 0.472. The fourth-order valence-electron chi connectivity index (χ4n) is 3.46. The van der Waals surface area contributed by atoms with E-state index in [0.29, 0.717) is 34.9 Å².